The van der Waals surface area contributed by atoms with Gasteiger partial charge in [0.1, 0.15) is 0 Å². The number of methoxy groups -OCH3 is 1. The van der Waals surface area contributed by atoms with Gasteiger partial charge < -0.3 is 15.8 Å². The lowest BCUT2D eigenvalue weighted by molar-refractivity contribution is -0.126. The molecule has 0 aromatic rings. The summed E-state index contributed by atoms with van der Waals surface area (Å²) in [5, 5.41) is 2.91. The molecule has 0 aromatic carbocycles. The molecular formula is C11H22N2O2. The van der Waals surface area contributed by atoms with Crippen LogP contribution in [0.5, 0.6) is 0 Å². The fourth-order valence-corrected chi connectivity index (χ4v) is 2.02. The molecule has 0 bridgehead atoms. The third-order valence-electron chi connectivity index (χ3n) is 3.01. The van der Waals surface area contributed by atoms with Crippen LogP contribution in [0.15, 0.2) is 0 Å². The summed E-state index contributed by atoms with van der Waals surface area (Å²) in [5.74, 6) is 0.340. The van der Waals surface area contributed by atoms with Crippen LogP contribution in [0.3, 0.4) is 0 Å². The molecule has 4 heteroatoms. The number of rotatable bonds is 5. The second-order valence-electron chi connectivity index (χ2n) is 4.63. The Labute approximate surface area is 91.5 Å². The van der Waals surface area contributed by atoms with Gasteiger partial charge in [0.05, 0.1) is 12.1 Å². The smallest absolute Gasteiger partial charge is 0.240 e. The van der Waals surface area contributed by atoms with E-state index in [9.17, 15) is 4.79 Å². The van der Waals surface area contributed by atoms with Gasteiger partial charge in [0.2, 0.25) is 5.91 Å². The first-order valence-corrected chi connectivity index (χ1v) is 5.64. The maximum Gasteiger partial charge on any atom is 0.240 e. The molecule has 0 spiro atoms. The normalized spacial score (nSPS) is 21.3. The third-order valence-corrected chi connectivity index (χ3v) is 3.01. The number of amides is 1. The molecule has 0 heterocycles. The molecule has 3 N–H and O–H groups in total. The highest BCUT2D eigenvalue weighted by Crippen LogP contribution is 2.27. The number of ether oxygens (including phenoxy) is 1. The van der Waals surface area contributed by atoms with Gasteiger partial charge in [-0.25, -0.2) is 0 Å². The standard InChI is InChI=1S/C11H22N2O2/c1-9(8-15-2)7-13-10(14)11(12)5-3-4-6-11/h9H,3-8,12H2,1-2H3,(H,13,14). The van der Waals surface area contributed by atoms with Crippen LogP contribution < -0.4 is 11.1 Å². The Bertz CT molecular complexity index is 213. The van der Waals surface area contributed by atoms with Gasteiger partial charge >= 0.3 is 0 Å². The van der Waals surface area contributed by atoms with Crippen molar-refractivity contribution >= 4 is 5.91 Å². The van der Waals surface area contributed by atoms with E-state index in [1.807, 2.05) is 6.92 Å². The average Bonchev–Trinajstić information content (AvgIpc) is 2.63. The molecule has 1 fully saturated rings. The van der Waals surface area contributed by atoms with Gasteiger partial charge in [0.15, 0.2) is 0 Å². The van der Waals surface area contributed by atoms with E-state index in [0.717, 1.165) is 25.7 Å². The zero-order valence-electron chi connectivity index (χ0n) is 9.71. The molecule has 0 radical (unpaired) electrons. The van der Waals surface area contributed by atoms with E-state index >= 15 is 0 Å². The summed E-state index contributed by atoms with van der Waals surface area (Å²) in [6.45, 7) is 3.35. The Morgan fingerprint density at radius 1 is 1.53 bits per heavy atom. The summed E-state index contributed by atoms with van der Waals surface area (Å²) in [5.41, 5.74) is 5.42. The number of hydrogen-bond acceptors (Lipinski definition) is 3. The van der Waals surface area contributed by atoms with E-state index < -0.39 is 5.54 Å². The molecule has 0 aromatic heterocycles. The average molecular weight is 214 g/mol. The van der Waals surface area contributed by atoms with Crippen LogP contribution in [0, 0.1) is 5.92 Å². The van der Waals surface area contributed by atoms with Crippen LogP contribution >= 0.6 is 0 Å². The minimum atomic E-state index is -0.604. The number of carbonyl (C=O) groups is 1. The minimum Gasteiger partial charge on any atom is -0.384 e. The zero-order chi connectivity index (χ0) is 11.3. The van der Waals surface area contributed by atoms with Crippen molar-refractivity contribution in [3.63, 3.8) is 0 Å². The van der Waals surface area contributed by atoms with Crippen LogP contribution in [-0.4, -0.2) is 31.7 Å². The summed E-state index contributed by atoms with van der Waals surface area (Å²) >= 11 is 0. The van der Waals surface area contributed by atoms with Crippen molar-refractivity contribution in [3.8, 4) is 0 Å². The van der Waals surface area contributed by atoms with Crippen LogP contribution in [-0.2, 0) is 9.53 Å². The summed E-state index contributed by atoms with van der Waals surface area (Å²) in [6.07, 6.45) is 3.77. The van der Waals surface area contributed by atoms with Gasteiger partial charge in [-0.3, -0.25) is 4.79 Å². The monoisotopic (exact) mass is 214 g/mol. The van der Waals surface area contributed by atoms with E-state index in [2.05, 4.69) is 5.32 Å². The largest absolute Gasteiger partial charge is 0.384 e. The third kappa shape index (κ3) is 3.47. The van der Waals surface area contributed by atoms with E-state index in [1.165, 1.54) is 0 Å². The quantitative estimate of drug-likeness (QED) is 0.706. The predicted octanol–water partition coefficient (Wildman–Crippen LogP) is 0.657. The molecule has 1 saturated carbocycles. The van der Waals surface area contributed by atoms with Crippen LogP contribution in [0.1, 0.15) is 32.6 Å². The lowest BCUT2D eigenvalue weighted by Crippen LogP contribution is -2.52. The lowest BCUT2D eigenvalue weighted by atomic mass is 9.98. The minimum absolute atomic E-state index is 0.00273. The van der Waals surface area contributed by atoms with Crippen molar-refractivity contribution in [2.45, 2.75) is 38.1 Å². The van der Waals surface area contributed by atoms with Crippen LogP contribution in [0.25, 0.3) is 0 Å². The van der Waals surface area contributed by atoms with Gasteiger partial charge in [-0.2, -0.15) is 0 Å². The van der Waals surface area contributed by atoms with Crippen molar-refractivity contribution in [1.29, 1.82) is 0 Å². The summed E-state index contributed by atoms with van der Waals surface area (Å²) in [6, 6.07) is 0. The van der Waals surface area contributed by atoms with Crippen molar-refractivity contribution in [1.82, 2.24) is 5.32 Å². The molecule has 1 atom stereocenters. The highest BCUT2D eigenvalue weighted by Gasteiger charge is 2.36. The molecule has 1 amide bonds. The highest BCUT2D eigenvalue weighted by molar-refractivity contribution is 5.86. The molecule has 0 aliphatic heterocycles. The number of nitrogens with two attached hydrogens (primary N) is 1. The van der Waals surface area contributed by atoms with E-state index in [1.54, 1.807) is 7.11 Å². The van der Waals surface area contributed by atoms with Gasteiger partial charge in [-0.05, 0) is 18.8 Å². The second-order valence-corrected chi connectivity index (χ2v) is 4.63. The van der Waals surface area contributed by atoms with E-state index in [4.69, 9.17) is 10.5 Å². The maximum absolute atomic E-state index is 11.8. The molecule has 1 rings (SSSR count). The van der Waals surface area contributed by atoms with Crippen LogP contribution in [0.4, 0.5) is 0 Å². The fraction of sp³-hybridized carbons (Fsp3) is 0.909. The molecular weight excluding hydrogens is 192 g/mol. The van der Waals surface area contributed by atoms with E-state index in [0.29, 0.717) is 19.1 Å². The van der Waals surface area contributed by atoms with Crippen molar-refractivity contribution in [2.75, 3.05) is 20.3 Å². The van der Waals surface area contributed by atoms with Gasteiger partial charge in [0, 0.05) is 13.7 Å². The molecule has 1 aliphatic carbocycles. The Kier molecular flexibility index (Phi) is 4.54. The first-order valence-electron chi connectivity index (χ1n) is 5.64. The Morgan fingerprint density at radius 3 is 2.67 bits per heavy atom. The first kappa shape index (κ1) is 12.5. The van der Waals surface area contributed by atoms with Crippen molar-refractivity contribution < 1.29 is 9.53 Å². The Morgan fingerprint density at radius 2 is 2.13 bits per heavy atom. The molecule has 15 heavy (non-hydrogen) atoms. The van der Waals surface area contributed by atoms with E-state index in [-0.39, 0.29) is 5.91 Å². The fourth-order valence-electron chi connectivity index (χ4n) is 2.02. The number of carbonyl (C=O) groups excluding carboxylic acids is 1. The number of nitrogens with one attached hydrogen (secondary N) is 1. The topological polar surface area (TPSA) is 64.3 Å². The molecule has 1 aliphatic rings. The van der Waals surface area contributed by atoms with Crippen molar-refractivity contribution in [2.24, 2.45) is 11.7 Å². The molecule has 4 nitrogen and oxygen atoms in total. The lowest BCUT2D eigenvalue weighted by Gasteiger charge is -2.23. The Balaban J connectivity index is 2.29. The highest BCUT2D eigenvalue weighted by atomic mass is 16.5. The first-order chi connectivity index (χ1) is 7.08. The number of hydrogen-bond donors (Lipinski definition) is 2. The second kappa shape index (κ2) is 5.47. The molecule has 1 unspecified atom stereocenters. The molecule has 0 saturated heterocycles. The Hall–Kier alpha value is -0.610. The van der Waals surface area contributed by atoms with Crippen molar-refractivity contribution in [3.05, 3.63) is 0 Å². The zero-order valence-corrected chi connectivity index (χ0v) is 9.71. The SMILES string of the molecule is COCC(C)CNC(=O)C1(N)CCCC1. The molecule has 88 valence electrons. The van der Waals surface area contributed by atoms with Gasteiger partial charge in [-0.1, -0.05) is 19.8 Å². The summed E-state index contributed by atoms with van der Waals surface area (Å²) in [4.78, 5) is 11.8. The van der Waals surface area contributed by atoms with Gasteiger partial charge in [0.25, 0.3) is 0 Å². The summed E-state index contributed by atoms with van der Waals surface area (Å²) < 4.78 is 5.00. The predicted molar refractivity (Wildman–Crippen MR) is 59.4 cm³/mol. The van der Waals surface area contributed by atoms with Crippen LogP contribution in [0.2, 0.25) is 0 Å². The summed E-state index contributed by atoms with van der Waals surface area (Å²) in [7, 11) is 1.67. The van der Waals surface area contributed by atoms with Gasteiger partial charge in [-0.15, -0.1) is 0 Å². The maximum atomic E-state index is 11.8.